The number of nitrogens with zero attached hydrogens (tertiary/aromatic N) is 8. The van der Waals surface area contributed by atoms with Crippen molar-refractivity contribution in [2.24, 2.45) is 21.1 Å². The molecule has 11 rings (SSSR count). The second-order valence-electron chi connectivity index (χ2n) is 17.6. The molecule has 3 fully saturated rings. The van der Waals surface area contributed by atoms with Crippen LogP contribution in [-0.4, -0.2) is 107 Å². The molecule has 6 heterocycles. The Morgan fingerprint density at radius 2 is 0.986 bits per heavy atom. The van der Waals surface area contributed by atoms with Crippen LogP contribution in [0.4, 0.5) is 4.39 Å². The number of rotatable bonds is 12. The summed E-state index contributed by atoms with van der Waals surface area (Å²) in [5, 5.41) is 22.4. The average molecular weight is 1040 g/mol. The maximum absolute atomic E-state index is 12.5. The van der Waals surface area contributed by atoms with Crippen molar-refractivity contribution in [3.05, 3.63) is 172 Å². The first-order chi connectivity index (χ1) is 35.8. The van der Waals surface area contributed by atoms with E-state index in [0.717, 1.165) is 84.0 Å². The van der Waals surface area contributed by atoms with Gasteiger partial charge in [-0.05, 0) is 162 Å². The molecule has 0 aliphatic carbocycles. The highest BCUT2D eigenvalue weighted by molar-refractivity contribution is 6.31. The number of aldehydes is 3. The molecule has 18 heteroatoms. The summed E-state index contributed by atoms with van der Waals surface area (Å²) >= 11 is 11.4. The molecule has 3 aliphatic heterocycles. The molecule has 74 heavy (non-hydrogen) atoms. The quantitative estimate of drug-likeness (QED) is 0.0991. The third kappa shape index (κ3) is 14.6. The Morgan fingerprint density at radius 1 is 0.568 bits per heavy atom. The van der Waals surface area contributed by atoms with Gasteiger partial charge in [-0.1, -0.05) is 23.2 Å². The van der Waals surface area contributed by atoms with E-state index in [1.807, 2.05) is 62.9 Å². The molecule has 0 bridgehead atoms. The van der Waals surface area contributed by atoms with Crippen LogP contribution in [0.3, 0.4) is 0 Å². The minimum Gasteiger partial charge on any atom is -0.508 e. The van der Waals surface area contributed by atoms with Crippen LogP contribution in [0.2, 0.25) is 10.0 Å². The molecule has 8 aromatic rings. The van der Waals surface area contributed by atoms with Crippen LogP contribution in [0.5, 0.6) is 23.0 Å². The highest BCUT2D eigenvalue weighted by Gasteiger charge is 2.19. The number of halogens is 3. The monoisotopic (exact) mass is 1040 g/mol. The number of carbonyl (C=O) groups excluding carboxylic acids is 3. The zero-order chi connectivity index (χ0) is 52.6. The minimum absolute atomic E-state index is 0.0319. The van der Waals surface area contributed by atoms with Crippen LogP contribution in [-0.2, 0) is 34.2 Å². The number of benzene rings is 5. The third-order valence-corrected chi connectivity index (χ3v) is 13.0. The molecule has 3 aliphatic rings. The van der Waals surface area contributed by atoms with Crippen LogP contribution in [0.15, 0.2) is 128 Å². The van der Waals surface area contributed by atoms with Gasteiger partial charge in [0.25, 0.3) is 0 Å². The topological polar surface area (TPSA) is 173 Å². The first-order valence-electron chi connectivity index (χ1n) is 24.0. The molecule has 3 aromatic heterocycles. The van der Waals surface area contributed by atoms with Gasteiger partial charge < -0.3 is 34.0 Å². The number of nitrogens with one attached hydrogen (secondary N) is 1. The summed E-state index contributed by atoms with van der Waals surface area (Å²) < 4.78 is 24.3. The van der Waals surface area contributed by atoms with Crippen molar-refractivity contribution in [1.29, 1.82) is 0 Å². The van der Waals surface area contributed by atoms with Gasteiger partial charge in [0.2, 0.25) is 0 Å². The molecule has 0 saturated carbocycles. The van der Waals surface area contributed by atoms with Crippen molar-refractivity contribution in [2.45, 2.75) is 32.4 Å². The molecule has 3 saturated heterocycles. The Hall–Kier alpha value is -7.47. The molecular weight excluding hydrogens is 985 g/mol. The van der Waals surface area contributed by atoms with Gasteiger partial charge in [-0.3, -0.25) is 24.2 Å². The summed E-state index contributed by atoms with van der Waals surface area (Å²) in [7, 11) is 5.87. The smallest absolute Gasteiger partial charge is 0.185 e. The molecule has 3 N–H and O–H groups in total. The maximum atomic E-state index is 12.5. The Bertz CT molecular complexity index is 3110. The minimum atomic E-state index is -0.581. The Labute approximate surface area is 439 Å². The van der Waals surface area contributed by atoms with Crippen LogP contribution >= 0.6 is 23.2 Å². The Kier molecular flexibility index (Phi) is 19.4. The van der Waals surface area contributed by atoms with Crippen LogP contribution in [0.1, 0.15) is 62.2 Å². The highest BCUT2D eigenvalue weighted by atomic mass is 35.5. The first-order valence-corrected chi connectivity index (χ1v) is 24.7. The van der Waals surface area contributed by atoms with Crippen molar-refractivity contribution < 1.29 is 33.7 Å². The lowest BCUT2D eigenvalue weighted by molar-refractivity contribution is 0.110. The number of ether oxygens (including phenoxy) is 1. The van der Waals surface area contributed by atoms with Crippen molar-refractivity contribution >= 4 is 42.1 Å². The summed E-state index contributed by atoms with van der Waals surface area (Å²) in [5.41, 5.74) is 6.55. The molecule has 0 atom stereocenters. The predicted octanol–water partition coefficient (Wildman–Crippen LogP) is 10.4. The van der Waals surface area contributed by atoms with Gasteiger partial charge in [0.1, 0.15) is 40.5 Å². The summed E-state index contributed by atoms with van der Waals surface area (Å²) in [5.74, 6) is 3.57. The van der Waals surface area contributed by atoms with Gasteiger partial charge >= 0.3 is 0 Å². The Balaban J connectivity index is 0.000000148. The van der Waals surface area contributed by atoms with E-state index in [1.54, 1.807) is 72.4 Å². The van der Waals surface area contributed by atoms with Crippen LogP contribution in [0, 0.1) is 5.82 Å². The van der Waals surface area contributed by atoms with Crippen molar-refractivity contribution in [3.8, 4) is 56.8 Å². The van der Waals surface area contributed by atoms with Gasteiger partial charge in [0.15, 0.2) is 24.7 Å². The second-order valence-corrected chi connectivity index (χ2v) is 18.5. The fraction of sp³-hybridized carbons (Fsp3) is 0.250. The standard InChI is InChI=1S/C21H20ClN3O2.C14H17N3O.C11H10N2O2.C7H4ClFO.C3H7N/c1-24-19(12-23-21(24)13-25-9-2-10-25)15-4-7-18(8-5-15)27-20-11-17(22)6-3-16(20)14-26;1-16-13(11-3-5-12(18)6-4-11)9-15-14(16)10-17-7-2-8-17;1-13-10(6-12-11(13)7-14)8-2-4-9(15)5-3-8;8-6-2-1-5(4-10)7(9)3-6;1-2-4-3-1/h3-8,11-12,14H,2,9-10,13H2,1H3;3-6,9,18H,2,7-8,10H2,1H3;2-7,15H,1H3;1-4H;4H,1-3H2. The number of hydrogen-bond donors (Lipinski definition) is 3. The lowest BCUT2D eigenvalue weighted by Crippen LogP contribution is -2.37. The molecule has 0 spiro atoms. The van der Waals surface area contributed by atoms with E-state index in [2.05, 4.69) is 39.2 Å². The fourth-order valence-corrected chi connectivity index (χ4v) is 7.88. The third-order valence-electron chi connectivity index (χ3n) is 12.5. The van der Waals surface area contributed by atoms with Gasteiger partial charge in [-0.25, -0.2) is 19.3 Å². The molecule has 0 amide bonds. The zero-order valence-corrected chi connectivity index (χ0v) is 42.9. The normalized spacial score (nSPS) is 13.5. The number of aromatic hydroxyl groups is 2. The van der Waals surface area contributed by atoms with Gasteiger partial charge in [0.05, 0.1) is 59.9 Å². The predicted molar refractivity (Wildman–Crippen MR) is 286 cm³/mol. The van der Waals surface area contributed by atoms with E-state index in [9.17, 15) is 23.9 Å². The number of aromatic nitrogens is 6. The molecule has 384 valence electrons. The lowest BCUT2D eigenvalue weighted by Gasteiger charge is -2.30. The van der Waals surface area contributed by atoms with E-state index in [1.165, 1.54) is 57.6 Å². The number of phenolic OH excluding ortho intramolecular Hbond substituents is 2. The van der Waals surface area contributed by atoms with Gasteiger partial charge in [-0.15, -0.1) is 0 Å². The summed E-state index contributed by atoms with van der Waals surface area (Å²) in [6, 6.07) is 30.6. The van der Waals surface area contributed by atoms with E-state index in [4.69, 9.17) is 33.0 Å². The first kappa shape index (κ1) is 54.3. The van der Waals surface area contributed by atoms with Gasteiger partial charge in [0, 0.05) is 53.9 Å². The van der Waals surface area contributed by atoms with E-state index in [-0.39, 0.29) is 11.3 Å². The van der Waals surface area contributed by atoms with Crippen molar-refractivity contribution in [1.82, 2.24) is 43.8 Å². The van der Waals surface area contributed by atoms with E-state index < -0.39 is 5.82 Å². The van der Waals surface area contributed by atoms with Gasteiger partial charge in [-0.2, -0.15) is 0 Å². The number of likely N-dealkylation sites (tertiary alicyclic amines) is 2. The number of phenols is 2. The molecule has 0 radical (unpaired) electrons. The summed E-state index contributed by atoms with van der Waals surface area (Å²) in [4.78, 5) is 49.6. The number of imidazole rings is 3. The summed E-state index contributed by atoms with van der Waals surface area (Å²) in [6.07, 6.45) is 11.3. The molecule has 0 unspecified atom stereocenters. The van der Waals surface area contributed by atoms with Crippen molar-refractivity contribution in [3.63, 3.8) is 0 Å². The largest absolute Gasteiger partial charge is 0.508 e. The fourth-order valence-electron chi connectivity index (χ4n) is 7.56. The maximum Gasteiger partial charge on any atom is 0.185 e. The zero-order valence-electron chi connectivity index (χ0n) is 41.4. The SMILES string of the molecule is C1CNC1.Cn1c(-c2ccc(O)cc2)cnc1C=O.Cn1c(-c2ccc(O)cc2)cnc1CN1CCC1.Cn1c(-c2ccc(Oc3cc(Cl)ccc3C=O)cc2)cnc1CN1CCC1.O=Cc1ccc(Cl)cc1F. The number of carbonyl (C=O) groups is 3. The Morgan fingerprint density at radius 3 is 1.38 bits per heavy atom. The molecular formula is C56H58Cl2FN9O6. The molecule has 5 aromatic carbocycles. The number of hydrogen-bond acceptors (Lipinski definition) is 12. The van der Waals surface area contributed by atoms with Crippen LogP contribution < -0.4 is 10.1 Å². The second kappa shape index (κ2) is 26.5. The van der Waals surface area contributed by atoms with Crippen molar-refractivity contribution in [2.75, 3.05) is 39.3 Å². The summed E-state index contributed by atoms with van der Waals surface area (Å²) in [6.45, 7) is 8.99. The van der Waals surface area contributed by atoms with Crippen LogP contribution in [0.25, 0.3) is 33.8 Å². The lowest BCUT2D eigenvalue weighted by atomic mass is 10.1. The average Bonchev–Trinajstić information content (AvgIpc) is 4.04. The van der Waals surface area contributed by atoms with E-state index >= 15 is 0 Å². The van der Waals surface area contributed by atoms with E-state index in [0.29, 0.717) is 51.3 Å². The highest BCUT2D eigenvalue weighted by Crippen LogP contribution is 2.31. The molecule has 15 nitrogen and oxygen atoms in total.